The topological polar surface area (TPSA) is 46.9 Å². The van der Waals surface area contributed by atoms with Crippen molar-refractivity contribution >= 4 is 6.29 Å². The van der Waals surface area contributed by atoms with Crippen molar-refractivity contribution in [2.45, 2.75) is 19.4 Å². The average molecular weight is 179 g/mol. The van der Waals surface area contributed by atoms with Crippen molar-refractivity contribution in [2.75, 3.05) is 6.54 Å². The van der Waals surface area contributed by atoms with Gasteiger partial charge in [-0.05, 0) is 6.92 Å². The molecule has 0 spiro atoms. The normalized spacial score (nSPS) is 21.2. The molecule has 4 heteroatoms. The number of fused-ring (bicyclic) bond motifs is 1. The number of nitrogens with zero attached hydrogens (tertiary/aromatic N) is 2. The average Bonchev–Trinajstić information content (AvgIpc) is 2.43. The van der Waals surface area contributed by atoms with Gasteiger partial charge in [-0.1, -0.05) is 0 Å². The highest BCUT2D eigenvalue weighted by molar-refractivity contribution is 5.63. The lowest BCUT2D eigenvalue weighted by molar-refractivity contribution is -0.109. The van der Waals surface area contributed by atoms with E-state index in [1.807, 2.05) is 18.7 Å². The molecule has 0 saturated heterocycles. The molecule has 1 N–H and O–H groups in total. The molecule has 4 nitrogen and oxygen atoms in total. The number of aromatic nitrogens is 2. The summed E-state index contributed by atoms with van der Waals surface area (Å²) in [5, 5.41) is 7.47. The second kappa shape index (κ2) is 2.96. The largest absolute Gasteiger partial charge is 0.304 e. The van der Waals surface area contributed by atoms with Gasteiger partial charge in [0.05, 0.1) is 11.7 Å². The van der Waals surface area contributed by atoms with E-state index in [9.17, 15) is 4.79 Å². The third kappa shape index (κ3) is 1.18. The summed E-state index contributed by atoms with van der Waals surface area (Å²) in [5.41, 5.74) is 3.22. The van der Waals surface area contributed by atoms with E-state index in [1.165, 1.54) is 5.69 Å². The number of aldehydes is 1. The smallest absolute Gasteiger partial charge is 0.141 e. The van der Waals surface area contributed by atoms with Crippen LogP contribution < -0.4 is 5.32 Å². The van der Waals surface area contributed by atoms with Crippen LogP contribution in [0, 0.1) is 6.92 Å². The molecule has 13 heavy (non-hydrogen) atoms. The van der Waals surface area contributed by atoms with Gasteiger partial charge in [-0.15, -0.1) is 0 Å². The lowest BCUT2D eigenvalue weighted by Gasteiger charge is -2.20. The van der Waals surface area contributed by atoms with Crippen LogP contribution in [0.1, 0.15) is 23.0 Å². The molecule has 1 aliphatic heterocycles. The minimum absolute atomic E-state index is 0.155. The molecule has 0 fully saturated rings. The van der Waals surface area contributed by atoms with Crippen molar-refractivity contribution in [3.63, 3.8) is 0 Å². The van der Waals surface area contributed by atoms with Gasteiger partial charge in [0.15, 0.2) is 0 Å². The Balaban J connectivity index is 2.54. The fourth-order valence-electron chi connectivity index (χ4n) is 1.99. The lowest BCUT2D eigenvalue weighted by Crippen LogP contribution is -2.31. The quantitative estimate of drug-likeness (QED) is 0.623. The zero-order chi connectivity index (χ0) is 9.42. The third-order valence-electron chi connectivity index (χ3n) is 2.56. The Morgan fingerprint density at radius 1 is 1.69 bits per heavy atom. The van der Waals surface area contributed by atoms with Gasteiger partial charge in [-0.2, -0.15) is 5.10 Å². The van der Waals surface area contributed by atoms with Gasteiger partial charge >= 0.3 is 0 Å². The Morgan fingerprint density at radius 2 is 2.46 bits per heavy atom. The van der Waals surface area contributed by atoms with Gasteiger partial charge in [0, 0.05) is 31.3 Å². The Labute approximate surface area is 76.9 Å². The molecule has 2 rings (SSSR count). The van der Waals surface area contributed by atoms with E-state index in [4.69, 9.17) is 0 Å². The van der Waals surface area contributed by atoms with Crippen molar-refractivity contribution in [2.24, 2.45) is 7.05 Å². The molecule has 0 aromatic carbocycles. The minimum Gasteiger partial charge on any atom is -0.304 e. The number of rotatable bonds is 1. The second-order valence-corrected chi connectivity index (χ2v) is 3.39. The van der Waals surface area contributed by atoms with Crippen LogP contribution in [-0.2, 0) is 18.3 Å². The zero-order valence-electron chi connectivity index (χ0n) is 7.87. The van der Waals surface area contributed by atoms with E-state index in [0.717, 1.165) is 30.5 Å². The maximum absolute atomic E-state index is 10.8. The van der Waals surface area contributed by atoms with Crippen molar-refractivity contribution < 1.29 is 4.79 Å². The molecule has 1 aromatic heterocycles. The number of aryl methyl sites for hydroxylation is 2. The molecule has 2 heterocycles. The standard InChI is InChI=1S/C9H13N3O/c1-6-9-7(5-13)10-4-3-8(9)12(2)11-6/h5,7,10H,3-4H2,1-2H3. The highest BCUT2D eigenvalue weighted by Crippen LogP contribution is 2.23. The molecule has 0 amide bonds. The molecule has 1 aliphatic rings. The van der Waals surface area contributed by atoms with E-state index < -0.39 is 0 Å². The number of nitrogens with one attached hydrogen (secondary N) is 1. The van der Waals surface area contributed by atoms with Gasteiger partial charge < -0.3 is 10.1 Å². The maximum Gasteiger partial charge on any atom is 0.141 e. The van der Waals surface area contributed by atoms with Crippen LogP contribution in [0.4, 0.5) is 0 Å². The second-order valence-electron chi connectivity index (χ2n) is 3.39. The molecular formula is C9H13N3O. The highest BCUT2D eigenvalue weighted by atomic mass is 16.1. The summed E-state index contributed by atoms with van der Waals surface area (Å²) in [6.45, 7) is 2.80. The van der Waals surface area contributed by atoms with Crippen LogP contribution in [0.3, 0.4) is 0 Å². The monoisotopic (exact) mass is 179 g/mol. The summed E-state index contributed by atoms with van der Waals surface area (Å²) in [7, 11) is 1.93. The van der Waals surface area contributed by atoms with Crippen molar-refractivity contribution in [1.29, 1.82) is 0 Å². The summed E-state index contributed by atoms with van der Waals surface area (Å²) < 4.78 is 1.88. The molecule has 1 atom stereocenters. The van der Waals surface area contributed by atoms with Gasteiger partial charge in [-0.3, -0.25) is 4.68 Å². The van der Waals surface area contributed by atoms with Crippen LogP contribution in [0.25, 0.3) is 0 Å². The van der Waals surface area contributed by atoms with Crippen LogP contribution in [0.5, 0.6) is 0 Å². The zero-order valence-corrected chi connectivity index (χ0v) is 7.87. The fourth-order valence-corrected chi connectivity index (χ4v) is 1.99. The molecule has 0 aliphatic carbocycles. The summed E-state index contributed by atoms with van der Waals surface area (Å²) in [6.07, 6.45) is 1.91. The lowest BCUT2D eigenvalue weighted by atomic mass is 10.00. The Bertz CT molecular complexity index is 343. The number of hydrogen-bond donors (Lipinski definition) is 1. The molecule has 0 radical (unpaired) electrons. The first-order valence-electron chi connectivity index (χ1n) is 4.45. The summed E-state index contributed by atoms with van der Waals surface area (Å²) >= 11 is 0. The van der Waals surface area contributed by atoms with Gasteiger partial charge in [-0.25, -0.2) is 0 Å². The van der Waals surface area contributed by atoms with Crippen molar-refractivity contribution in [3.05, 3.63) is 17.0 Å². The van der Waals surface area contributed by atoms with E-state index in [0.29, 0.717) is 0 Å². The summed E-state index contributed by atoms with van der Waals surface area (Å²) in [6, 6.07) is -0.155. The predicted octanol–water partition coefficient (Wildman–Crippen LogP) is 0.114. The third-order valence-corrected chi connectivity index (χ3v) is 2.56. The molecule has 1 aromatic rings. The molecule has 0 saturated carbocycles. The van der Waals surface area contributed by atoms with Crippen LogP contribution in [-0.4, -0.2) is 22.6 Å². The van der Waals surface area contributed by atoms with Crippen molar-refractivity contribution in [3.8, 4) is 0 Å². The molecule has 0 bridgehead atoms. The predicted molar refractivity (Wildman–Crippen MR) is 48.5 cm³/mol. The Hall–Kier alpha value is -1.16. The van der Waals surface area contributed by atoms with Gasteiger partial charge in [0.25, 0.3) is 0 Å². The van der Waals surface area contributed by atoms with E-state index >= 15 is 0 Å². The Kier molecular flexibility index (Phi) is 1.92. The first-order chi connectivity index (χ1) is 6.24. The number of carbonyl (C=O) groups is 1. The number of carbonyl (C=O) groups excluding carboxylic acids is 1. The fraction of sp³-hybridized carbons (Fsp3) is 0.556. The highest BCUT2D eigenvalue weighted by Gasteiger charge is 2.24. The first-order valence-corrected chi connectivity index (χ1v) is 4.45. The maximum atomic E-state index is 10.8. The van der Waals surface area contributed by atoms with Crippen molar-refractivity contribution in [1.82, 2.24) is 15.1 Å². The summed E-state index contributed by atoms with van der Waals surface area (Å²) in [4.78, 5) is 10.8. The molecule has 70 valence electrons. The van der Waals surface area contributed by atoms with Gasteiger partial charge in [0.1, 0.15) is 6.29 Å². The minimum atomic E-state index is -0.155. The number of hydrogen-bond acceptors (Lipinski definition) is 3. The van der Waals surface area contributed by atoms with Crippen LogP contribution in [0.2, 0.25) is 0 Å². The van der Waals surface area contributed by atoms with E-state index in [-0.39, 0.29) is 6.04 Å². The van der Waals surface area contributed by atoms with Crippen LogP contribution >= 0.6 is 0 Å². The summed E-state index contributed by atoms with van der Waals surface area (Å²) in [5.74, 6) is 0. The van der Waals surface area contributed by atoms with Crippen LogP contribution in [0.15, 0.2) is 0 Å². The SMILES string of the molecule is Cc1nn(C)c2c1C(C=O)NCC2. The molecule has 1 unspecified atom stereocenters. The first kappa shape index (κ1) is 8.44. The van der Waals surface area contributed by atoms with E-state index in [1.54, 1.807) is 0 Å². The molecular weight excluding hydrogens is 166 g/mol. The van der Waals surface area contributed by atoms with Gasteiger partial charge in [0.2, 0.25) is 0 Å². The Morgan fingerprint density at radius 3 is 3.15 bits per heavy atom. The van der Waals surface area contributed by atoms with E-state index in [2.05, 4.69) is 10.4 Å².